The van der Waals surface area contributed by atoms with E-state index in [1.807, 2.05) is 24.3 Å². The number of fused-ring (bicyclic) bond motifs is 1. The van der Waals surface area contributed by atoms with Gasteiger partial charge in [-0.1, -0.05) is 18.2 Å². The average molecular weight is 284 g/mol. The van der Waals surface area contributed by atoms with Crippen molar-refractivity contribution >= 4 is 0 Å². The lowest BCUT2D eigenvalue weighted by Crippen LogP contribution is -2.23. The van der Waals surface area contributed by atoms with Crippen LogP contribution in [-0.4, -0.2) is 11.2 Å². The highest BCUT2D eigenvalue weighted by Gasteiger charge is 2.38. The molecule has 0 radical (unpaired) electrons. The first-order valence-corrected chi connectivity index (χ1v) is 7.44. The second-order valence-electron chi connectivity index (χ2n) is 6.01. The van der Waals surface area contributed by atoms with Crippen molar-refractivity contribution < 1.29 is 14.2 Å². The monoisotopic (exact) mass is 284 g/mol. The third-order valence-electron chi connectivity index (χ3n) is 4.41. The Labute approximate surface area is 123 Å². The fourth-order valence-corrected chi connectivity index (χ4v) is 3.13. The predicted octanol–water partition coefficient (Wildman–Crippen LogP) is 3.55. The number of hydrogen-bond donors (Lipinski definition) is 1. The standard InChI is InChI=1S/C18H17FO2/c19-14-4-7-17-12(10-14)8-9-18(17,20)13-2-1-3-16(11-13)21-15-5-6-15/h1-4,7,10-11,15,20H,5-6,8-9H2. The van der Waals surface area contributed by atoms with Gasteiger partial charge in [-0.2, -0.15) is 0 Å². The zero-order valence-corrected chi connectivity index (χ0v) is 11.7. The second kappa shape index (κ2) is 4.57. The van der Waals surface area contributed by atoms with Gasteiger partial charge in [0.05, 0.1) is 6.10 Å². The highest BCUT2D eigenvalue weighted by atomic mass is 19.1. The third-order valence-corrected chi connectivity index (χ3v) is 4.41. The molecule has 3 heteroatoms. The van der Waals surface area contributed by atoms with Crippen LogP contribution in [-0.2, 0) is 12.0 Å². The van der Waals surface area contributed by atoms with E-state index in [4.69, 9.17) is 4.74 Å². The van der Waals surface area contributed by atoms with Crippen LogP contribution in [0.15, 0.2) is 42.5 Å². The molecule has 0 amide bonds. The summed E-state index contributed by atoms with van der Waals surface area (Å²) in [5, 5.41) is 11.1. The van der Waals surface area contributed by atoms with Gasteiger partial charge in [0.2, 0.25) is 0 Å². The molecule has 2 aromatic rings. The van der Waals surface area contributed by atoms with Crippen molar-refractivity contribution in [1.82, 2.24) is 0 Å². The first-order chi connectivity index (χ1) is 10.1. The molecule has 4 rings (SSSR count). The topological polar surface area (TPSA) is 29.5 Å². The molecule has 0 spiro atoms. The van der Waals surface area contributed by atoms with Crippen molar-refractivity contribution in [1.29, 1.82) is 0 Å². The smallest absolute Gasteiger partial charge is 0.123 e. The predicted molar refractivity (Wildman–Crippen MR) is 77.8 cm³/mol. The maximum Gasteiger partial charge on any atom is 0.123 e. The van der Waals surface area contributed by atoms with Crippen LogP contribution in [0.1, 0.15) is 36.0 Å². The summed E-state index contributed by atoms with van der Waals surface area (Å²) < 4.78 is 19.1. The molecule has 1 saturated carbocycles. The van der Waals surface area contributed by atoms with Crippen LogP contribution < -0.4 is 4.74 Å². The Morgan fingerprint density at radius 2 is 2.00 bits per heavy atom. The molecule has 0 bridgehead atoms. The molecule has 0 aromatic heterocycles. The fourth-order valence-electron chi connectivity index (χ4n) is 3.13. The van der Waals surface area contributed by atoms with Crippen molar-refractivity contribution in [3.05, 3.63) is 65.0 Å². The number of rotatable bonds is 3. The molecule has 1 fully saturated rings. The summed E-state index contributed by atoms with van der Waals surface area (Å²) in [6, 6.07) is 12.3. The van der Waals surface area contributed by atoms with E-state index in [1.54, 1.807) is 6.07 Å². The highest BCUT2D eigenvalue weighted by molar-refractivity contribution is 5.47. The van der Waals surface area contributed by atoms with Gasteiger partial charge in [0.25, 0.3) is 0 Å². The summed E-state index contributed by atoms with van der Waals surface area (Å²) >= 11 is 0. The maximum atomic E-state index is 13.3. The van der Waals surface area contributed by atoms with Crippen LogP contribution in [0.4, 0.5) is 4.39 Å². The van der Waals surface area contributed by atoms with Crippen LogP contribution in [0.5, 0.6) is 5.75 Å². The molecule has 2 aromatic carbocycles. The van der Waals surface area contributed by atoms with Crippen molar-refractivity contribution in [3.8, 4) is 5.75 Å². The van der Waals surface area contributed by atoms with Crippen molar-refractivity contribution in [2.24, 2.45) is 0 Å². The van der Waals surface area contributed by atoms with Crippen LogP contribution >= 0.6 is 0 Å². The Hall–Kier alpha value is -1.87. The Kier molecular flexibility index (Phi) is 2.79. The molecule has 1 atom stereocenters. The van der Waals surface area contributed by atoms with Crippen LogP contribution in [0, 0.1) is 5.82 Å². The zero-order valence-electron chi connectivity index (χ0n) is 11.7. The van der Waals surface area contributed by atoms with Gasteiger partial charge in [-0.15, -0.1) is 0 Å². The van der Waals surface area contributed by atoms with E-state index in [0.29, 0.717) is 18.9 Å². The molecule has 1 unspecified atom stereocenters. The second-order valence-corrected chi connectivity index (χ2v) is 6.01. The highest BCUT2D eigenvalue weighted by Crippen LogP contribution is 2.43. The lowest BCUT2D eigenvalue weighted by molar-refractivity contribution is 0.0825. The van der Waals surface area contributed by atoms with Crippen LogP contribution in [0.3, 0.4) is 0 Å². The minimum atomic E-state index is -1.04. The summed E-state index contributed by atoms with van der Waals surface area (Å²) in [7, 11) is 0. The summed E-state index contributed by atoms with van der Waals surface area (Å²) in [5.41, 5.74) is 1.50. The number of ether oxygens (including phenoxy) is 1. The minimum Gasteiger partial charge on any atom is -0.490 e. The molecule has 108 valence electrons. The maximum absolute atomic E-state index is 13.3. The molecular formula is C18H17FO2. The molecule has 0 saturated heterocycles. The minimum absolute atomic E-state index is 0.246. The van der Waals surface area contributed by atoms with Gasteiger partial charge in [-0.05, 0) is 66.6 Å². The fraction of sp³-hybridized carbons (Fsp3) is 0.333. The van der Waals surface area contributed by atoms with Crippen LogP contribution in [0.2, 0.25) is 0 Å². The summed E-state index contributed by atoms with van der Waals surface area (Å²) in [6.07, 6.45) is 3.82. The zero-order chi connectivity index (χ0) is 14.4. The van der Waals surface area contributed by atoms with E-state index in [-0.39, 0.29) is 5.82 Å². The first kappa shape index (κ1) is 12.8. The van der Waals surface area contributed by atoms with Gasteiger partial charge in [0, 0.05) is 0 Å². The van der Waals surface area contributed by atoms with Crippen LogP contribution in [0.25, 0.3) is 0 Å². The average Bonchev–Trinajstić information content (AvgIpc) is 3.23. The molecule has 0 aliphatic heterocycles. The lowest BCUT2D eigenvalue weighted by atomic mass is 9.88. The Morgan fingerprint density at radius 3 is 2.81 bits per heavy atom. The van der Waals surface area contributed by atoms with Gasteiger partial charge in [-0.25, -0.2) is 4.39 Å². The number of aliphatic hydroxyl groups is 1. The first-order valence-electron chi connectivity index (χ1n) is 7.44. The Morgan fingerprint density at radius 1 is 1.14 bits per heavy atom. The normalized spacial score (nSPS) is 23.9. The van der Waals surface area contributed by atoms with E-state index >= 15 is 0 Å². The number of hydrogen-bond acceptors (Lipinski definition) is 2. The number of aryl methyl sites for hydroxylation is 1. The quantitative estimate of drug-likeness (QED) is 0.934. The van der Waals surface area contributed by atoms with Gasteiger partial charge in [0.15, 0.2) is 0 Å². The number of halogens is 1. The molecular weight excluding hydrogens is 267 g/mol. The largest absolute Gasteiger partial charge is 0.490 e. The number of benzene rings is 2. The van der Waals surface area contributed by atoms with Gasteiger partial charge < -0.3 is 9.84 Å². The molecule has 2 nitrogen and oxygen atoms in total. The Bertz CT molecular complexity index is 693. The SMILES string of the molecule is OC1(c2cccc(OC3CC3)c2)CCc2cc(F)ccc21. The van der Waals surface area contributed by atoms with Gasteiger partial charge in [0.1, 0.15) is 17.2 Å². The van der Waals surface area contributed by atoms with E-state index in [0.717, 1.165) is 35.3 Å². The summed E-state index contributed by atoms with van der Waals surface area (Å²) in [5.74, 6) is 0.558. The summed E-state index contributed by atoms with van der Waals surface area (Å²) in [6.45, 7) is 0. The Balaban J connectivity index is 1.73. The molecule has 2 aliphatic rings. The van der Waals surface area contributed by atoms with E-state index in [9.17, 15) is 9.50 Å². The van der Waals surface area contributed by atoms with E-state index in [2.05, 4.69) is 0 Å². The molecule has 1 N–H and O–H groups in total. The molecule has 2 aliphatic carbocycles. The van der Waals surface area contributed by atoms with Crippen molar-refractivity contribution in [3.63, 3.8) is 0 Å². The van der Waals surface area contributed by atoms with Gasteiger partial charge >= 0.3 is 0 Å². The summed E-state index contributed by atoms with van der Waals surface area (Å²) in [4.78, 5) is 0. The van der Waals surface area contributed by atoms with Crippen molar-refractivity contribution in [2.45, 2.75) is 37.4 Å². The third kappa shape index (κ3) is 2.22. The molecule has 0 heterocycles. The van der Waals surface area contributed by atoms with E-state index in [1.165, 1.54) is 12.1 Å². The molecule has 21 heavy (non-hydrogen) atoms. The lowest BCUT2D eigenvalue weighted by Gasteiger charge is -2.25. The van der Waals surface area contributed by atoms with Gasteiger partial charge in [-0.3, -0.25) is 0 Å². The van der Waals surface area contributed by atoms with Crippen molar-refractivity contribution in [2.75, 3.05) is 0 Å². The van der Waals surface area contributed by atoms with E-state index < -0.39 is 5.60 Å².